The summed E-state index contributed by atoms with van der Waals surface area (Å²) in [5.41, 5.74) is 3.24. The fourth-order valence-electron chi connectivity index (χ4n) is 2.74. The second-order valence-corrected chi connectivity index (χ2v) is 5.15. The largest absolute Gasteiger partial charge is 0.328 e. The van der Waals surface area contributed by atoms with Crippen LogP contribution in [0.5, 0.6) is 0 Å². The Kier molecular flexibility index (Phi) is 2.12. The van der Waals surface area contributed by atoms with Crippen LogP contribution in [0.15, 0.2) is 48.5 Å². The second kappa shape index (κ2) is 3.72. The Morgan fingerprint density at radius 3 is 2.79 bits per heavy atom. The molecule has 0 N–H and O–H groups in total. The van der Waals surface area contributed by atoms with E-state index in [1.165, 1.54) is 10.9 Å². The molecule has 0 bridgehead atoms. The molecule has 0 radical (unpaired) electrons. The molecule has 0 atom stereocenters. The highest BCUT2D eigenvalue weighted by molar-refractivity contribution is 6.36. The second-order valence-electron chi connectivity index (χ2n) is 4.75. The van der Waals surface area contributed by atoms with E-state index >= 15 is 0 Å². The molecule has 0 fully saturated rings. The maximum atomic E-state index is 6.33. The molecule has 4 rings (SSSR count). The van der Waals surface area contributed by atoms with Crippen molar-refractivity contribution in [3.8, 4) is 11.4 Å². The molecule has 19 heavy (non-hydrogen) atoms. The maximum Gasteiger partial charge on any atom is 0.141 e. The Morgan fingerprint density at radius 2 is 1.89 bits per heavy atom. The van der Waals surface area contributed by atoms with Gasteiger partial charge < -0.3 is 4.57 Å². The number of hydrogen-bond donors (Lipinski definition) is 0. The standard InChI is InChI=1S/C16H11ClN2/c1-19-14-8-3-2-5-10(14)9-11-15-12(17)6-4-7-13(15)18-16(11)19/h2-9H,1H3. The lowest BCUT2D eigenvalue weighted by molar-refractivity contribution is 0.939. The molecule has 0 saturated carbocycles. The van der Waals surface area contributed by atoms with Crippen LogP contribution in [0, 0.1) is 0 Å². The third-order valence-corrected chi connectivity index (χ3v) is 3.96. The number of nitrogens with zero attached hydrogens (tertiary/aromatic N) is 2. The first-order chi connectivity index (χ1) is 9.25. The predicted molar refractivity (Wildman–Crippen MR) is 79.9 cm³/mol. The van der Waals surface area contributed by atoms with Gasteiger partial charge in [-0.05, 0) is 29.7 Å². The normalized spacial score (nSPS) is 11.7. The maximum absolute atomic E-state index is 6.33. The van der Waals surface area contributed by atoms with Crippen LogP contribution in [0.2, 0.25) is 5.02 Å². The van der Waals surface area contributed by atoms with Crippen LogP contribution >= 0.6 is 11.6 Å². The summed E-state index contributed by atoms with van der Waals surface area (Å²) in [4.78, 5) is 4.70. The number of aryl methyl sites for hydroxylation is 1. The van der Waals surface area contributed by atoms with Gasteiger partial charge in [0.1, 0.15) is 5.82 Å². The van der Waals surface area contributed by atoms with Gasteiger partial charge >= 0.3 is 0 Å². The van der Waals surface area contributed by atoms with Crippen LogP contribution < -0.4 is 0 Å². The summed E-state index contributed by atoms with van der Waals surface area (Å²) >= 11 is 6.33. The van der Waals surface area contributed by atoms with E-state index in [1.807, 2.05) is 37.4 Å². The summed E-state index contributed by atoms with van der Waals surface area (Å²) in [6.07, 6.45) is 0. The van der Waals surface area contributed by atoms with Gasteiger partial charge in [-0.25, -0.2) is 4.98 Å². The minimum Gasteiger partial charge on any atom is -0.328 e. The van der Waals surface area contributed by atoms with Crippen LogP contribution in [0.3, 0.4) is 0 Å². The minimum atomic E-state index is 0.760. The van der Waals surface area contributed by atoms with Crippen molar-refractivity contribution in [1.29, 1.82) is 0 Å². The van der Waals surface area contributed by atoms with Crippen LogP contribution in [0.25, 0.3) is 33.2 Å². The number of rotatable bonds is 0. The lowest BCUT2D eigenvalue weighted by Gasteiger charge is -2.11. The summed E-state index contributed by atoms with van der Waals surface area (Å²) in [7, 11) is 2.05. The number of fused-ring (bicyclic) bond motifs is 4. The molecular weight excluding hydrogens is 256 g/mol. The molecule has 0 aliphatic carbocycles. The number of halogens is 1. The average Bonchev–Trinajstić information content (AvgIpc) is 2.79. The highest BCUT2D eigenvalue weighted by Crippen LogP contribution is 2.37. The Morgan fingerprint density at radius 1 is 1.05 bits per heavy atom. The monoisotopic (exact) mass is 266 g/mol. The van der Waals surface area contributed by atoms with Crippen LogP contribution in [-0.4, -0.2) is 9.55 Å². The minimum absolute atomic E-state index is 0.760. The first-order valence-corrected chi connectivity index (χ1v) is 6.56. The van der Waals surface area contributed by atoms with E-state index in [4.69, 9.17) is 16.6 Å². The quantitative estimate of drug-likeness (QED) is 0.459. The SMILES string of the molecule is Cn1c2nc3cccc(Cl)c3c-2cc2ccccc21. The van der Waals surface area contributed by atoms with Gasteiger partial charge in [0.25, 0.3) is 0 Å². The van der Waals surface area contributed by atoms with Crippen molar-refractivity contribution in [1.82, 2.24) is 9.55 Å². The Balaban J connectivity index is 2.30. The fourth-order valence-corrected chi connectivity index (χ4v) is 3.01. The summed E-state index contributed by atoms with van der Waals surface area (Å²) < 4.78 is 2.13. The Hall–Kier alpha value is -2.06. The fraction of sp³-hybridized carbons (Fsp3) is 0.0625. The van der Waals surface area contributed by atoms with E-state index in [9.17, 15) is 0 Å². The zero-order chi connectivity index (χ0) is 13.0. The predicted octanol–water partition coefficient (Wildman–Crippen LogP) is 4.48. The first-order valence-electron chi connectivity index (χ1n) is 6.18. The van der Waals surface area contributed by atoms with E-state index in [1.54, 1.807) is 0 Å². The van der Waals surface area contributed by atoms with Crippen molar-refractivity contribution in [2.45, 2.75) is 0 Å². The van der Waals surface area contributed by atoms with Gasteiger partial charge in [-0.15, -0.1) is 0 Å². The van der Waals surface area contributed by atoms with E-state index in [-0.39, 0.29) is 0 Å². The van der Waals surface area contributed by atoms with Gasteiger partial charge in [0, 0.05) is 23.5 Å². The van der Waals surface area contributed by atoms with Gasteiger partial charge in [0.2, 0.25) is 0 Å². The number of para-hydroxylation sites is 1. The molecule has 0 spiro atoms. The van der Waals surface area contributed by atoms with Crippen LogP contribution in [-0.2, 0) is 7.05 Å². The molecule has 3 heteroatoms. The zero-order valence-corrected chi connectivity index (χ0v) is 11.1. The van der Waals surface area contributed by atoms with Gasteiger partial charge in [0.15, 0.2) is 0 Å². The lowest BCUT2D eigenvalue weighted by Crippen LogP contribution is -1.98. The molecule has 2 aliphatic heterocycles. The van der Waals surface area contributed by atoms with E-state index < -0.39 is 0 Å². The topological polar surface area (TPSA) is 17.8 Å². The highest BCUT2D eigenvalue weighted by Gasteiger charge is 2.17. The van der Waals surface area contributed by atoms with Crippen molar-refractivity contribution in [2.75, 3.05) is 0 Å². The molecule has 2 heterocycles. The van der Waals surface area contributed by atoms with Gasteiger partial charge in [-0.1, -0.05) is 35.9 Å². The Labute approximate surface area is 115 Å². The number of pyridine rings is 1. The molecule has 2 aromatic rings. The van der Waals surface area contributed by atoms with Gasteiger partial charge in [-0.2, -0.15) is 0 Å². The number of benzene rings is 2. The molecule has 0 amide bonds. The summed E-state index contributed by atoms with van der Waals surface area (Å²) in [5.74, 6) is 0.974. The summed E-state index contributed by atoms with van der Waals surface area (Å²) in [6.45, 7) is 0. The number of aromatic nitrogens is 2. The van der Waals surface area contributed by atoms with Crippen molar-refractivity contribution < 1.29 is 0 Å². The first kappa shape index (κ1) is 10.8. The molecule has 0 saturated heterocycles. The van der Waals surface area contributed by atoms with E-state index in [2.05, 4.69) is 22.8 Å². The van der Waals surface area contributed by atoms with Gasteiger partial charge in [-0.3, -0.25) is 0 Å². The molecule has 2 aliphatic rings. The zero-order valence-electron chi connectivity index (χ0n) is 10.4. The third kappa shape index (κ3) is 1.41. The Bertz CT molecular complexity index is 892. The molecule has 92 valence electrons. The average molecular weight is 267 g/mol. The van der Waals surface area contributed by atoms with Crippen molar-refractivity contribution in [3.63, 3.8) is 0 Å². The molecule has 0 unspecified atom stereocenters. The highest BCUT2D eigenvalue weighted by atomic mass is 35.5. The van der Waals surface area contributed by atoms with Crippen LogP contribution in [0.4, 0.5) is 0 Å². The molecule has 2 nitrogen and oxygen atoms in total. The van der Waals surface area contributed by atoms with Crippen molar-refractivity contribution in [2.24, 2.45) is 7.05 Å². The van der Waals surface area contributed by atoms with E-state index in [0.717, 1.165) is 27.3 Å². The third-order valence-electron chi connectivity index (χ3n) is 3.64. The van der Waals surface area contributed by atoms with Crippen LogP contribution in [0.1, 0.15) is 0 Å². The van der Waals surface area contributed by atoms with Crippen molar-refractivity contribution in [3.05, 3.63) is 53.6 Å². The summed E-state index contributed by atoms with van der Waals surface area (Å²) in [6, 6.07) is 16.4. The lowest BCUT2D eigenvalue weighted by atomic mass is 10.1. The number of hydrogen-bond acceptors (Lipinski definition) is 1. The molecule has 2 aromatic carbocycles. The summed E-state index contributed by atoms with van der Waals surface area (Å²) in [5, 5.41) is 3.00. The molecule has 0 aromatic heterocycles. The molecular formula is C16H11ClN2. The van der Waals surface area contributed by atoms with Gasteiger partial charge in [0.05, 0.1) is 10.5 Å². The smallest absolute Gasteiger partial charge is 0.141 e. The van der Waals surface area contributed by atoms with E-state index in [0.29, 0.717) is 0 Å². The van der Waals surface area contributed by atoms with Crippen molar-refractivity contribution >= 4 is 33.4 Å².